The lowest BCUT2D eigenvalue weighted by Gasteiger charge is -2.09. The molecule has 0 bridgehead atoms. The van der Waals surface area contributed by atoms with Crippen molar-refractivity contribution in [1.82, 2.24) is 14.6 Å². The summed E-state index contributed by atoms with van der Waals surface area (Å²) in [6.07, 6.45) is -1.30. The van der Waals surface area contributed by atoms with Gasteiger partial charge in [-0.15, -0.1) is 0 Å². The van der Waals surface area contributed by atoms with Crippen molar-refractivity contribution in [2.24, 2.45) is 0 Å². The molecule has 0 saturated heterocycles. The molecular formula is C20H14ClF3N4. The lowest BCUT2D eigenvalue weighted by atomic mass is 10.1. The van der Waals surface area contributed by atoms with E-state index in [1.54, 1.807) is 28.9 Å². The number of fused-ring (bicyclic) bond motifs is 1. The number of halogens is 4. The van der Waals surface area contributed by atoms with Gasteiger partial charge in [0, 0.05) is 23.3 Å². The Labute approximate surface area is 163 Å². The zero-order valence-electron chi connectivity index (χ0n) is 14.4. The summed E-state index contributed by atoms with van der Waals surface area (Å²) >= 11 is 6.00. The van der Waals surface area contributed by atoms with Crippen LogP contribution in [0.3, 0.4) is 0 Å². The SMILES string of the molecule is FC(F)(F)c1cccc(-c2cnn3c(NCc4cccc(Cl)c4)ccnc23)c1. The van der Waals surface area contributed by atoms with Gasteiger partial charge in [0.25, 0.3) is 0 Å². The first-order valence-electron chi connectivity index (χ1n) is 8.40. The van der Waals surface area contributed by atoms with Crippen LogP contribution in [-0.4, -0.2) is 14.6 Å². The van der Waals surface area contributed by atoms with Gasteiger partial charge in [0.2, 0.25) is 0 Å². The Morgan fingerprint density at radius 1 is 1.04 bits per heavy atom. The fourth-order valence-electron chi connectivity index (χ4n) is 2.93. The fourth-order valence-corrected chi connectivity index (χ4v) is 3.14. The van der Waals surface area contributed by atoms with E-state index in [-0.39, 0.29) is 0 Å². The summed E-state index contributed by atoms with van der Waals surface area (Å²) in [5.74, 6) is 0.670. The minimum absolute atomic E-state index is 0.407. The van der Waals surface area contributed by atoms with E-state index < -0.39 is 11.7 Å². The van der Waals surface area contributed by atoms with Crippen molar-refractivity contribution in [3.63, 3.8) is 0 Å². The van der Waals surface area contributed by atoms with Crippen molar-refractivity contribution in [1.29, 1.82) is 0 Å². The highest BCUT2D eigenvalue weighted by Crippen LogP contribution is 2.33. The molecule has 0 atom stereocenters. The van der Waals surface area contributed by atoms with Crippen molar-refractivity contribution in [3.05, 3.63) is 83.1 Å². The van der Waals surface area contributed by atoms with E-state index >= 15 is 0 Å². The Balaban J connectivity index is 1.67. The Morgan fingerprint density at radius 2 is 1.86 bits per heavy atom. The summed E-state index contributed by atoms with van der Waals surface area (Å²) in [5.41, 5.74) is 1.68. The fraction of sp³-hybridized carbons (Fsp3) is 0.100. The first-order chi connectivity index (χ1) is 13.4. The third-order valence-corrected chi connectivity index (χ3v) is 4.50. The molecule has 1 N–H and O–H groups in total. The number of hydrogen-bond donors (Lipinski definition) is 1. The van der Waals surface area contributed by atoms with E-state index in [2.05, 4.69) is 15.4 Å². The molecule has 0 aliphatic carbocycles. The molecule has 4 nitrogen and oxygen atoms in total. The van der Waals surface area contributed by atoms with Crippen LogP contribution in [0.15, 0.2) is 67.0 Å². The number of nitrogens with one attached hydrogen (secondary N) is 1. The van der Waals surface area contributed by atoms with Crippen LogP contribution in [0.2, 0.25) is 5.02 Å². The van der Waals surface area contributed by atoms with E-state index in [9.17, 15) is 13.2 Å². The van der Waals surface area contributed by atoms with E-state index in [0.717, 1.165) is 17.7 Å². The summed E-state index contributed by atoms with van der Waals surface area (Å²) in [5, 5.41) is 8.20. The van der Waals surface area contributed by atoms with Crippen molar-refractivity contribution < 1.29 is 13.2 Å². The Kier molecular flexibility index (Phi) is 4.68. The highest BCUT2D eigenvalue weighted by molar-refractivity contribution is 6.30. The van der Waals surface area contributed by atoms with Gasteiger partial charge in [-0.3, -0.25) is 0 Å². The van der Waals surface area contributed by atoms with Crippen molar-refractivity contribution >= 4 is 23.1 Å². The highest BCUT2D eigenvalue weighted by atomic mass is 35.5. The van der Waals surface area contributed by atoms with Gasteiger partial charge in [-0.2, -0.15) is 22.8 Å². The van der Waals surface area contributed by atoms with Gasteiger partial charge < -0.3 is 5.32 Å². The molecule has 0 saturated carbocycles. The molecule has 0 fully saturated rings. The molecule has 8 heteroatoms. The van der Waals surface area contributed by atoms with E-state index in [0.29, 0.717) is 34.2 Å². The number of rotatable bonds is 4. The maximum Gasteiger partial charge on any atom is 0.416 e. The van der Waals surface area contributed by atoms with Crippen LogP contribution in [0.5, 0.6) is 0 Å². The first-order valence-corrected chi connectivity index (χ1v) is 8.78. The molecule has 2 heterocycles. The summed E-state index contributed by atoms with van der Waals surface area (Å²) in [4.78, 5) is 4.30. The van der Waals surface area contributed by atoms with Crippen LogP contribution in [0, 0.1) is 0 Å². The van der Waals surface area contributed by atoms with Gasteiger partial charge in [0.05, 0.1) is 11.8 Å². The first kappa shape index (κ1) is 18.3. The van der Waals surface area contributed by atoms with Gasteiger partial charge in [0.1, 0.15) is 5.82 Å². The monoisotopic (exact) mass is 402 g/mol. The summed E-state index contributed by atoms with van der Waals surface area (Å²) in [7, 11) is 0. The van der Waals surface area contributed by atoms with Gasteiger partial charge in [0.15, 0.2) is 5.65 Å². The average molecular weight is 403 g/mol. The van der Waals surface area contributed by atoms with Crippen molar-refractivity contribution in [2.75, 3.05) is 5.32 Å². The number of hydrogen-bond acceptors (Lipinski definition) is 3. The second-order valence-electron chi connectivity index (χ2n) is 6.19. The molecule has 2 aromatic heterocycles. The molecule has 4 rings (SSSR count). The van der Waals surface area contributed by atoms with Crippen LogP contribution < -0.4 is 5.32 Å². The van der Waals surface area contributed by atoms with E-state index in [4.69, 9.17) is 11.6 Å². The predicted octanol–water partition coefficient (Wildman–Crippen LogP) is 5.68. The summed E-state index contributed by atoms with van der Waals surface area (Å²) in [6.45, 7) is 0.512. The molecular weight excluding hydrogens is 389 g/mol. The molecule has 0 unspecified atom stereocenters. The molecule has 0 aliphatic rings. The van der Waals surface area contributed by atoms with Gasteiger partial charge >= 0.3 is 6.18 Å². The van der Waals surface area contributed by atoms with Crippen LogP contribution in [0.1, 0.15) is 11.1 Å². The van der Waals surface area contributed by atoms with Crippen LogP contribution in [-0.2, 0) is 12.7 Å². The number of nitrogens with zero attached hydrogens (tertiary/aromatic N) is 3. The van der Waals surface area contributed by atoms with E-state index in [1.807, 2.05) is 18.2 Å². The molecule has 28 heavy (non-hydrogen) atoms. The van der Waals surface area contributed by atoms with Crippen LogP contribution >= 0.6 is 11.6 Å². The van der Waals surface area contributed by atoms with Crippen molar-refractivity contribution in [2.45, 2.75) is 12.7 Å². The zero-order chi connectivity index (χ0) is 19.7. The molecule has 4 aromatic rings. The number of anilines is 1. The standard InChI is InChI=1S/C20H14ClF3N4/c21-16-6-1-3-13(9-16)11-26-18-7-8-25-19-17(12-27-28(18)19)14-4-2-5-15(10-14)20(22,23)24/h1-10,12,26H,11H2. The lowest BCUT2D eigenvalue weighted by Crippen LogP contribution is -2.06. The largest absolute Gasteiger partial charge is 0.416 e. The van der Waals surface area contributed by atoms with Gasteiger partial charge in [-0.1, -0.05) is 35.9 Å². The molecule has 142 valence electrons. The van der Waals surface area contributed by atoms with Gasteiger partial charge in [-0.25, -0.2) is 4.98 Å². The topological polar surface area (TPSA) is 42.2 Å². The Morgan fingerprint density at radius 3 is 2.64 bits per heavy atom. The maximum absolute atomic E-state index is 13.0. The maximum atomic E-state index is 13.0. The number of alkyl halides is 3. The molecule has 2 aromatic carbocycles. The smallest absolute Gasteiger partial charge is 0.366 e. The number of aromatic nitrogens is 3. The third-order valence-electron chi connectivity index (χ3n) is 4.26. The minimum atomic E-state index is -4.41. The highest BCUT2D eigenvalue weighted by Gasteiger charge is 2.30. The van der Waals surface area contributed by atoms with Crippen molar-refractivity contribution in [3.8, 4) is 11.1 Å². The molecule has 0 aliphatic heterocycles. The average Bonchev–Trinajstić information content (AvgIpc) is 3.11. The molecule has 0 spiro atoms. The molecule has 0 radical (unpaired) electrons. The Bertz CT molecular complexity index is 1140. The third kappa shape index (κ3) is 3.66. The second kappa shape index (κ2) is 7.16. The zero-order valence-corrected chi connectivity index (χ0v) is 15.2. The van der Waals surface area contributed by atoms with Crippen LogP contribution in [0.25, 0.3) is 16.8 Å². The lowest BCUT2D eigenvalue weighted by molar-refractivity contribution is -0.137. The second-order valence-corrected chi connectivity index (χ2v) is 6.62. The minimum Gasteiger partial charge on any atom is -0.366 e. The Hall–Kier alpha value is -3.06. The summed E-state index contributed by atoms with van der Waals surface area (Å²) in [6, 6.07) is 14.3. The predicted molar refractivity (Wildman–Crippen MR) is 102 cm³/mol. The van der Waals surface area contributed by atoms with E-state index in [1.165, 1.54) is 12.3 Å². The quantitative estimate of drug-likeness (QED) is 0.477. The number of benzene rings is 2. The normalized spacial score (nSPS) is 11.7. The van der Waals surface area contributed by atoms with Crippen LogP contribution in [0.4, 0.5) is 19.0 Å². The summed E-state index contributed by atoms with van der Waals surface area (Å²) < 4.78 is 40.6. The van der Waals surface area contributed by atoms with Gasteiger partial charge in [-0.05, 0) is 41.5 Å². The molecule has 0 amide bonds.